The second-order valence-electron chi connectivity index (χ2n) is 3.17. The van der Waals surface area contributed by atoms with Crippen molar-refractivity contribution in [2.45, 2.75) is 32.2 Å². The monoisotopic (exact) mass is 200 g/mol. The van der Waals surface area contributed by atoms with Crippen LogP contribution in [-0.4, -0.2) is 26.2 Å². The van der Waals surface area contributed by atoms with Crippen LogP contribution in [0, 0.1) is 0 Å². The number of carbonyl (C=O) groups is 1. The Balaban J connectivity index is 2.70. The lowest BCUT2D eigenvalue weighted by Crippen LogP contribution is -2.32. The van der Waals surface area contributed by atoms with Crippen molar-refractivity contribution in [3.05, 3.63) is 11.6 Å². The fourth-order valence-corrected chi connectivity index (χ4v) is 1.32. The highest BCUT2D eigenvalue weighted by atomic mass is 16.9. The molecule has 0 saturated heterocycles. The Bertz CT molecular complexity index is 241. The lowest BCUT2D eigenvalue weighted by molar-refractivity contribution is -0.304. The van der Waals surface area contributed by atoms with E-state index in [9.17, 15) is 4.79 Å². The van der Waals surface area contributed by atoms with E-state index in [-0.39, 0.29) is 5.97 Å². The van der Waals surface area contributed by atoms with Crippen molar-refractivity contribution in [2.24, 2.45) is 0 Å². The largest absolute Gasteiger partial charge is 0.401 e. The van der Waals surface area contributed by atoms with E-state index in [4.69, 9.17) is 14.2 Å². The van der Waals surface area contributed by atoms with Crippen LogP contribution < -0.4 is 0 Å². The van der Waals surface area contributed by atoms with Crippen molar-refractivity contribution >= 4 is 5.97 Å². The van der Waals surface area contributed by atoms with Crippen LogP contribution in [0.2, 0.25) is 0 Å². The van der Waals surface area contributed by atoms with Gasteiger partial charge >= 0.3 is 11.9 Å². The maximum atomic E-state index is 11.4. The molecule has 1 aliphatic heterocycles. The second kappa shape index (κ2) is 4.57. The highest BCUT2D eigenvalue weighted by molar-refractivity contribution is 5.91. The minimum atomic E-state index is -1.29. The number of methoxy groups -OCH3 is 2. The van der Waals surface area contributed by atoms with Crippen LogP contribution >= 0.6 is 0 Å². The molecule has 0 aromatic carbocycles. The molecule has 0 fully saturated rings. The smallest absolute Gasteiger partial charge is 0.351 e. The summed E-state index contributed by atoms with van der Waals surface area (Å²) in [6.07, 6.45) is 4.32. The quantitative estimate of drug-likeness (QED) is 0.499. The molecule has 0 spiro atoms. The van der Waals surface area contributed by atoms with E-state index in [0.717, 1.165) is 12.8 Å². The molecule has 0 radical (unpaired) electrons. The van der Waals surface area contributed by atoms with E-state index >= 15 is 0 Å². The number of unbranched alkanes of at least 4 members (excludes halogenated alkanes) is 1. The summed E-state index contributed by atoms with van der Waals surface area (Å²) < 4.78 is 15.0. The maximum absolute atomic E-state index is 11.4. The molecule has 0 N–H and O–H groups in total. The minimum Gasteiger partial charge on any atom is -0.401 e. The van der Waals surface area contributed by atoms with Crippen molar-refractivity contribution in [1.29, 1.82) is 0 Å². The molecule has 0 aliphatic carbocycles. The van der Waals surface area contributed by atoms with E-state index < -0.39 is 5.97 Å². The molecule has 0 saturated carbocycles. The van der Waals surface area contributed by atoms with Gasteiger partial charge in [-0.25, -0.2) is 4.79 Å². The van der Waals surface area contributed by atoms with Gasteiger partial charge in [0.15, 0.2) is 0 Å². The van der Waals surface area contributed by atoms with Gasteiger partial charge in [-0.2, -0.15) is 0 Å². The van der Waals surface area contributed by atoms with Crippen LogP contribution in [0.1, 0.15) is 26.2 Å². The second-order valence-corrected chi connectivity index (χ2v) is 3.17. The summed E-state index contributed by atoms with van der Waals surface area (Å²) in [6, 6.07) is 0. The highest BCUT2D eigenvalue weighted by Gasteiger charge is 2.40. The first-order valence-corrected chi connectivity index (χ1v) is 4.73. The zero-order valence-electron chi connectivity index (χ0n) is 8.83. The average molecular weight is 200 g/mol. The molecule has 1 heterocycles. The number of esters is 1. The van der Waals surface area contributed by atoms with Crippen molar-refractivity contribution < 1.29 is 19.0 Å². The van der Waals surface area contributed by atoms with Gasteiger partial charge in [0.25, 0.3) is 0 Å². The summed E-state index contributed by atoms with van der Waals surface area (Å²) in [6.45, 7) is 2.07. The summed E-state index contributed by atoms with van der Waals surface area (Å²) >= 11 is 0. The molecule has 0 unspecified atom stereocenters. The van der Waals surface area contributed by atoms with E-state index in [1.807, 2.05) is 0 Å². The lowest BCUT2D eigenvalue weighted by Gasteiger charge is -2.21. The number of hydrogen-bond donors (Lipinski definition) is 0. The molecule has 0 amide bonds. The molecule has 0 atom stereocenters. The predicted octanol–water partition coefficient (Wildman–Crippen LogP) is 1.61. The first kappa shape index (κ1) is 11.2. The Labute approximate surface area is 83.8 Å². The first-order valence-electron chi connectivity index (χ1n) is 4.73. The zero-order chi connectivity index (χ0) is 10.6. The van der Waals surface area contributed by atoms with Crippen LogP contribution in [0.4, 0.5) is 0 Å². The van der Waals surface area contributed by atoms with Gasteiger partial charge < -0.3 is 14.2 Å². The third-order valence-corrected chi connectivity index (χ3v) is 2.22. The maximum Gasteiger partial charge on any atom is 0.351 e. The Kier molecular flexibility index (Phi) is 3.66. The molecular formula is C10H16O4. The molecule has 80 valence electrons. The fraction of sp³-hybridized carbons (Fsp3) is 0.700. The van der Waals surface area contributed by atoms with E-state index in [0.29, 0.717) is 12.0 Å². The van der Waals surface area contributed by atoms with Crippen LogP contribution in [0.5, 0.6) is 0 Å². The number of rotatable bonds is 5. The number of ether oxygens (including phenoxy) is 3. The van der Waals surface area contributed by atoms with Crippen molar-refractivity contribution in [2.75, 3.05) is 14.2 Å². The predicted molar refractivity (Wildman–Crippen MR) is 50.4 cm³/mol. The average Bonchev–Trinajstić information content (AvgIpc) is 2.53. The van der Waals surface area contributed by atoms with E-state index in [1.54, 1.807) is 6.08 Å². The van der Waals surface area contributed by atoms with Crippen molar-refractivity contribution in [3.63, 3.8) is 0 Å². The number of cyclic esters (lactones) is 1. The Morgan fingerprint density at radius 2 is 2.07 bits per heavy atom. The zero-order valence-corrected chi connectivity index (χ0v) is 8.83. The normalized spacial score (nSPS) is 19.4. The third-order valence-electron chi connectivity index (χ3n) is 2.22. The molecular weight excluding hydrogens is 184 g/mol. The molecule has 0 aromatic heterocycles. The molecule has 1 aliphatic rings. The van der Waals surface area contributed by atoms with Gasteiger partial charge in [0.1, 0.15) is 0 Å². The fourth-order valence-electron chi connectivity index (χ4n) is 1.32. The Morgan fingerprint density at radius 1 is 1.43 bits per heavy atom. The Hall–Kier alpha value is -0.870. The highest BCUT2D eigenvalue weighted by Crippen LogP contribution is 2.28. The summed E-state index contributed by atoms with van der Waals surface area (Å²) in [7, 11) is 2.88. The van der Waals surface area contributed by atoms with Gasteiger partial charge in [0.2, 0.25) is 0 Å². The molecule has 4 nitrogen and oxygen atoms in total. The van der Waals surface area contributed by atoms with E-state index in [1.165, 1.54) is 14.2 Å². The summed E-state index contributed by atoms with van der Waals surface area (Å²) in [5, 5.41) is 0. The SMILES string of the molecule is CCCCC1=CC(OC)(OC)OC1=O. The molecule has 4 heteroatoms. The Morgan fingerprint density at radius 3 is 2.50 bits per heavy atom. The molecule has 14 heavy (non-hydrogen) atoms. The van der Waals surface area contributed by atoms with Crippen LogP contribution in [-0.2, 0) is 19.0 Å². The van der Waals surface area contributed by atoms with Gasteiger partial charge in [-0.05, 0) is 12.8 Å². The number of hydrogen-bond acceptors (Lipinski definition) is 4. The van der Waals surface area contributed by atoms with Crippen molar-refractivity contribution in [3.8, 4) is 0 Å². The minimum absolute atomic E-state index is 0.345. The van der Waals surface area contributed by atoms with Gasteiger partial charge in [-0.3, -0.25) is 0 Å². The van der Waals surface area contributed by atoms with Gasteiger partial charge in [0, 0.05) is 25.9 Å². The van der Waals surface area contributed by atoms with Crippen LogP contribution in [0.15, 0.2) is 11.6 Å². The molecule has 0 bridgehead atoms. The molecule has 0 aromatic rings. The summed E-state index contributed by atoms with van der Waals surface area (Å²) in [4.78, 5) is 11.4. The van der Waals surface area contributed by atoms with Crippen molar-refractivity contribution in [1.82, 2.24) is 0 Å². The van der Waals surface area contributed by atoms with E-state index in [2.05, 4.69) is 6.92 Å². The van der Waals surface area contributed by atoms with Crippen LogP contribution in [0.25, 0.3) is 0 Å². The third kappa shape index (κ3) is 2.13. The summed E-state index contributed by atoms with van der Waals surface area (Å²) in [5.41, 5.74) is 0.635. The van der Waals surface area contributed by atoms with Gasteiger partial charge in [-0.1, -0.05) is 13.3 Å². The van der Waals surface area contributed by atoms with Gasteiger partial charge in [0.05, 0.1) is 0 Å². The molecule has 1 rings (SSSR count). The number of carbonyl (C=O) groups excluding carboxylic acids is 1. The van der Waals surface area contributed by atoms with Gasteiger partial charge in [-0.15, -0.1) is 0 Å². The van der Waals surface area contributed by atoms with Crippen LogP contribution in [0.3, 0.4) is 0 Å². The topological polar surface area (TPSA) is 44.8 Å². The summed E-state index contributed by atoms with van der Waals surface area (Å²) in [5.74, 6) is -1.64. The standard InChI is InChI=1S/C10H16O4/c1-4-5-6-8-7-10(12-2,13-3)14-9(8)11/h7H,4-6H2,1-3H3. The lowest BCUT2D eigenvalue weighted by atomic mass is 10.1. The first-order chi connectivity index (χ1) is 6.67.